The molecule has 0 unspecified atom stereocenters. The number of aromatic hydroxyl groups is 1. The van der Waals surface area contributed by atoms with Gasteiger partial charge >= 0.3 is 0 Å². The van der Waals surface area contributed by atoms with Crippen LogP contribution < -0.4 is 0 Å². The molecule has 4 heteroatoms. The Labute approximate surface area is 98.8 Å². The summed E-state index contributed by atoms with van der Waals surface area (Å²) in [6, 6.07) is 5.67. The maximum absolute atomic E-state index is 9.77. The van der Waals surface area contributed by atoms with Crippen molar-refractivity contribution in [1.29, 1.82) is 0 Å². The van der Waals surface area contributed by atoms with Gasteiger partial charge in [0.05, 0.1) is 11.1 Å². The molecule has 0 aliphatic carbocycles. The van der Waals surface area contributed by atoms with Gasteiger partial charge in [-0.2, -0.15) is 0 Å². The molecule has 0 aliphatic heterocycles. The van der Waals surface area contributed by atoms with Crippen molar-refractivity contribution in [3.05, 3.63) is 28.2 Å². The smallest absolute Gasteiger partial charge is 0.134 e. The first kappa shape index (κ1) is 12.5. The van der Waals surface area contributed by atoms with Gasteiger partial charge < -0.3 is 9.84 Å². The molecule has 0 bridgehead atoms. The third-order valence-electron chi connectivity index (χ3n) is 2.19. The Kier molecular flexibility index (Phi) is 5.08. The van der Waals surface area contributed by atoms with Crippen LogP contribution in [0.1, 0.15) is 5.56 Å². The number of benzene rings is 1. The number of nitrogens with zero attached hydrogens (tertiary/aromatic N) is 1. The van der Waals surface area contributed by atoms with Gasteiger partial charge in [0.1, 0.15) is 5.75 Å². The number of halogens is 1. The number of para-hydroxylation sites is 1. The van der Waals surface area contributed by atoms with E-state index in [4.69, 9.17) is 4.74 Å². The lowest BCUT2D eigenvalue weighted by Crippen LogP contribution is -2.22. The van der Waals surface area contributed by atoms with Crippen LogP contribution in [-0.2, 0) is 11.3 Å². The second-order valence-corrected chi connectivity index (χ2v) is 4.33. The van der Waals surface area contributed by atoms with Crippen LogP contribution >= 0.6 is 15.9 Å². The normalized spacial score (nSPS) is 10.9. The fourth-order valence-corrected chi connectivity index (χ4v) is 1.71. The monoisotopic (exact) mass is 273 g/mol. The van der Waals surface area contributed by atoms with E-state index >= 15 is 0 Å². The molecule has 15 heavy (non-hydrogen) atoms. The molecular weight excluding hydrogens is 258 g/mol. The number of hydrogen-bond acceptors (Lipinski definition) is 3. The van der Waals surface area contributed by atoms with Gasteiger partial charge in [-0.05, 0) is 29.0 Å². The van der Waals surface area contributed by atoms with Crippen LogP contribution in [0.4, 0.5) is 0 Å². The standard InChI is InChI=1S/C11H16BrNO2/c1-13(6-7-15-2)8-9-4-3-5-10(12)11(9)14/h3-5,14H,6-8H2,1-2H3. The van der Waals surface area contributed by atoms with Gasteiger partial charge in [-0.25, -0.2) is 0 Å². The average molecular weight is 274 g/mol. The summed E-state index contributed by atoms with van der Waals surface area (Å²) in [4.78, 5) is 2.10. The van der Waals surface area contributed by atoms with E-state index < -0.39 is 0 Å². The van der Waals surface area contributed by atoms with Crippen molar-refractivity contribution in [1.82, 2.24) is 4.90 Å². The third-order valence-corrected chi connectivity index (χ3v) is 2.83. The minimum Gasteiger partial charge on any atom is -0.506 e. The highest BCUT2D eigenvalue weighted by molar-refractivity contribution is 9.10. The van der Waals surface area contributed by atoms with Gasteiger partial charge in [0.25, 0.3) is 0 Å². The molecule has 0 heterocycles. The minimum absolute atomic E-state index is 0.321. The first-order valence-corrected chi connectivity index (χ1v) is 5.58. The predicted octanol–water partition coefficient (Wildman–Crippen LogP) is 2.23. The Morgan fingerprint density at radius 2 is 2.20 bits per heavy atom. The molecule has 0 atom stereocenters. The first-order chi connectivity index (χ1) is 7.15. The molecule has 0 saturated carbocycles. The van der Waals surface area contributed by atoms with Crippen molar-refractivity contribution in [2.24, 2.45) is 0 Å². The van der Waals surface area contributed by atoms with Crippen molar-refractivity contribution in [3.8, 4) is 5.75 Å². The highest BCUT2D eigenvalue weighted by atomic mass is 79.9. The van der Waals surface area contributed by atoms with E-state index in [0.29, 0.717) is 18.9 Å². The van der Waals surface area contributed by atoms with E-state index in [1.165, 1.54) is 0 Å². The molecule has 3 nitrogen and oxygen atoms in total. The van der Waals surface area contributed by atoms with Crippen LogP contribution in [-0.4, -0.2) is 37.3 Å². The van der Waals surface area contributed by atoms with E-state index in [9.17, 15) is 5.11 Å². The summed E-state index contributed by atoms with van der Waals surface area (Å²) < 4.78 is 5.73. The summed E-state index contributed by atoms with van der Waals surface area (Å²) in [7, 11) is 3.68. The van der Waals surface area contributed by atoms with Crippen LogP contribution in [0.15, 0.2) is 22.7 Å². The number of hydrogen-bond donors (Lipinski definition) is 1. The number of rotatable bonds is 5. The lowest BCUT2D eigenvalue weighted by molar-refractivity contribution is 0.158. The second-order valence-electron chi connectivity index (χ2n) is 3.48. The minimum atomic E-state index is 0.321. The summed E-state index contributed by atoms with van der Waals surface area (Å²) in [5, 5.41) is 9.77. The van der Waals surface area contributed by atoms with Crippen molar-refractivity contribution in [2.45, 2.75) is 6.54 Å². The molecule has 84 valence electrons. The molecule has 1 aromatic carbocycles. The molecule has 1 N–H and O–H groups in total. The highest BCUT2D eigenvalue weighted by Crippen LogP contribution is 2.27. The number of phenols is 1. The highest BCUT2D eigenvalue weighted by Gasteiger charge is 2.07. The summed E-state index contributed by atoms with van der Waals surface area (Å²) in [6.45, 7) is 2.27. The molecule has 0 amide bonds. The van der Waals surface area contributed by atoms with E-state index in [1.54, 1.807) is 7.11 Å². The van der Waals surface area contributed by atoms with Crippen LogP contribution in [0, 0.1) is 0 Å². The molecule has 0 radical (unpaired) electrons. The van der Waals surface area contributed by atoms with Gasteiger partial charge in [-0.3, -0.25) is 4.90 Å². The Morgan fingerprint density at radius 3 is 2.87 bits per heavy atom. The van der Waals surface area contributed by atoms with Crippen molar-refractivity contribution < 1.29 is 9.84 Å². The van der Waals surface area contributed by atoms with Crippen LogP contribution in [0.2, 0.25) is 0 Å². The van der Waals surface area contributed by atoms with Crippen LogP contribution in [0.25, 0.3) is 0 Å². The van der Waals surface area contributed by atoms with E-state index in [0.717, 1.165) is 16.6 Å². The average Bonchev–Trinajstić information content (AvgIpc) is 2.22. The van der Waals surface area contributed by atoms with Crippen LogP contribution in [0.3, 0.4) is 0 Å². The quantitative estimate of drug-likeness (QED) is 0.893. The number of ether oxygens (including phenoxy) is 1. The van der Waals surface area contributed by atoms with Crippen molar-refractivity contribution >= 4 is 15.9 Å². The second kappa shape index (κ2) is 6.10. The van der Waals surface area contributed by atoms with E-state index in [2.05, 4.69) is 20.8 Å². The molecule has 1 aromatic rings. The van der Waals surface area contributed by atoms with Gasteiger partial charge in [0.15, 0.2) is 0 Å². The molecule has 0 aliphatic rings. The molecule has 0 spiro atoms. The number of phenolic OH excluding ortho intramolecular Hbond substituents is 1. The van der Waals surface area contributed by atoms with Crippen LogP contribution in [0.5, 0.6) is 5.75 Å². The maximum atomic E-state index is 9.77. The fraction of sp³-hybridized carbons (Fsp3) is 0.455. The molecule has 0 saturated heterocycles. The predicted molar refractivity (Wildman–Crippen MR) is 64.0 cm³/mol. The summed E-state index contributed by atoms with van der Waals surface area (Å²) >= 11 is 3.30. The first-order valence-electron chi connectivity index (χ1n) is 4.79. The zero-order chi connectivity index (χ0) is 11.3. The zero-order valence-electron chi connectivity index (χ0n) is 9.03. The lowest BCUT2D eigenvalue weighted by atomic mass is 10.2. The molecular formula is C11H16BrNO2. The summed E-state index contributed by atoms with van der Waals surface area (Å²) in [5.74, 6) is 0.321. The largest absolute Gasteiger partial charge is 0.506 e. The molecule has 0 aromatic heterocycles. The van der Waals surface area contributed by atoms with E-state index in [1.807, 2.05) is 25.2 Å². The Bertz CT molecular complexity index is 317. The lowest BCUT2D eigenvalue weighted by Gasteiger charge is -2.17. The zero-order valence-corrected chi connectivity index (χ0v) is 10.6. The maximum Gasteiger partial charge on any atom is 0.134 e. The van der Waals surface area contributed by atoms with Gasteiger partial charge in [-0.15, -0.1) is 0 Å². The van der Waals surface area contributed by atoms with Gasteiger partial charge in [-0.1, -0.05) is 12.1 Å². The summed E-state index contributed by atoms with van der Waals surface area (Å²) in [5.41, 5.74) is 0.919. The fourth-order valence-electron chi connectivity index (χ4n) is 1.30. The van der Waals surface area contributed by atoms with Gasteiger partial charge in [0.2, 0.25) is 0 Å². The van der Waals surface area contributed by atoms with Crippen molar-refractivity contribution in [3.63, 3.8) is 0 Å². The SMILES string of the molecule is COCCN(C)Cc1cccc(Br)c1O. The molecule has 0 fully saturated rings. The van der Waals surface area contributed by atoms with Crippen molar-refractivity contribution in [2.75, 3.05) is 27.3 Å². The van der Waals surface area contributed by atoms with Gasteiger partial charge in [0, 0.05) is 25.8 Å². The third kappa shape index (κ3) is 3.81. The number of methoxy groups -OCH3 is 1. The van der Waals surface area contributed by atoms with E-state index in [-0.39, 0.29) is 0 Å². The Balaban J connectivity index is 2.60. The molecule has 1 rings (SSSR count). The number of likely N-dealkylation sites (N-methyl/N-ethyl adjacent to an activating group) is 1. The topological polar surface area (TPSA) is 32.7 Å². The Hall–Kier alpha value is -0.580. The Morgan fingerprint density at radius 1 is 1.47 bits per heavy atom. The summed E-state index contributed by atoms with van der Waals surface area (Å²) in [6.07, 6.45) is 0.